The first-order chi connectivity index (χ1) is 11.6. The van der Waals surface area contributed by atoms with Crippen LogP contribution in [0.25, 0.3) is 0 Å². The molecule has 1 rings (SSSR count). The summed E-state index contributed by atoms with van der Waals surface area (Å²) in [4.78, 5) is 12.3. The minimum absolute atomic E-state index is 0.00172. The highest BCUT2D eigenvalue weighted by atomic mass is 16.4. The van der Waals surface area contributed by atoms with Crippen molar-refractivity contribution >= 4 is 29.2 Å². The fraction of sp³-hybridized carbons (Fsp3) is 0.500. The first-order valence-electron chi connectivity index (χ1n) is 7.90. The van der Waals surface area contributed by atoms with Gasteiger partial charge in [-0.2, -0.15) is 5.10 Å². The molecule has 0 radical (unpaired) electrons. The van der Waals surface area contributed by atoms with Gasteiger partial charge in [-0.15, -0.1) is 0 Å². The summed E-state index contributed by atoms with van der Waals surface area (Å²) >= 11 is 0. The maximum Gasteiger partial charge on any atom is 0.303 e. The molecule has 0 spiro atoms. The van der Waals surface area contributed by atoms with Gasteiger partial charge in [0.15, 0.2) is 0 Å². The third kappa shape index (κ3) is 6.84. The van der Waals surface area contributed by atoms with E-state index in [2.05, 4.69) is 15.8 Å². The Morgan fingerprint density at radius 2 is 1.96 bits per heavy atom. The van der Waals surface area contributed by atoms with E-state index in [0.717, 1.165) is 17.1 Å². The Kier molecular flexibility index (Phi) is 9.25. The minimum atomic E-state index is -0.811. The molecular weight excluding hydrogens is 312 g/mol. The minimum Gasteiger partial charge on any atom is -0.481 e. The molecule has 0 aliphatic carbocycles. The number of benzene rings is 1. The molecule has 8 nitrogen and oxygen atoms in total. The molecule has 0 amide bonds. The summed E-state index contributed by atoms with van der Waals surface area (Å²) in [6, 6.07) is 5.67. The van der Waals surface area contributed by atoms with Crippen LogP contribution in [0.5, 0.6) is 0 Å². The molecule has 1 aromatic rings. The van der Waals surface area contributed by atoms with Gasteiger partial charge in [-0.1, -0.05) is 0 Å². The second-order valence-electron chi connectivity index (χ2n) is 5.12. The molecule has 0 aromatic heterocycles. The summed E-state index contributed by atoms with van der Waals surface area (Å²) in [5, 5.41) is 34.0. The van der Waals surface area contributed by atoms with E-state index in [1.165, 1.54) is 0 Å². The Balaban J connectivity index is 2.74. The van der Waals surface area contributed by atoms with E-state index in [0.29, 0.717) is 25.9 Å². The van der Waals surface area contributed by atoms with Gasteiger partial charge in [-0.05, 0) is 31.0 Å². The molecule has 0 aliphatic rings. The molecule has 0 unspecified atom stereocenters. The van der Waals surface area contributed by atoms with Crippen molar-refractivity contribution in [3.8, 4) is 0 Å². The first-order valence-corrected chi connectivity index (χ1v) is 7.90. The van der Waals surface area contributed by atoms with E-state index in [-0.39, 0.29) is 19.6 Å². The van der Waals surface area contributed by atoms with E-state index in [1.54, 1.807) is 13.3 Å². The number of aliphatic hydroxyl groups is 2. The summed E-state index contributed by atoms with van der Waals surface area (Å²) in [6.45, 7) is 0.852. The lowest BCUT2D eigenvalue weighted by atomic mass is 10.2. The molecule has 24 heavy (non-hydrogen) atoms. The second kappa shape index (κ2) is 11.3. The number of anilines is 3. The summed E-state index contributed by atoms with van der Waals surface area (Å²) in [7, 11) is 1.80. The van der Waals surface area contributed by atoms with Gasteiger partial charge >= 0.3 is 5.97 Å². The highest BCUT2D eigenvalue weighted by Gasteiger charge is 2.08. The van der Waals surface area contributed by atoms with Gasteiger partial charge in [0.25, 0.3) is 0 Å². The number of carboxylic acids is 1. The predicted molar refractivity (Wildman–Crippen MR) is 96.0 cm³/mol. The number of rotatable bonds is 12. The average Bonchev–Trinajstić information content (AvgIpc) is 2.57. The molecule has 134 valence electrons. The van der Waals surface area contributed by atoms with E-state index in [9.17, 15) is 4.79 Å². The highest BCUT2D eigenvalue weighted by molar-refractivity contribution is 5.75. The van der Waals surface area contributed by atoms with Crippen LogP contribution in [0.3, 0.4) is 0 Å². The summed E-state index contributed by atoms with van der Waals surface area (Å²) in [5.41, 5.74) is 5.41. The van der Waals surface area contributed by atoms with Crippen molar-refractivity contribution in [1.82, 2.24) is 0 Å². The molecular formula is C16H26N4O4. The Hall–Kier alpha value is -2.32. The van der Waals surface area contributed by atoms with Crippen molar-refractivity contribution in [3.05, 3.63) is 18.2 Å². The number of aliphatic carboxylic acids is 1. The molecule has 0 saturated heterocycles. The average molecular weight is 338 g/mol. The summed E-state index contributed by atoms with van der Waals surface area (Å²) in [6.07, 6.45) is 2.89. The van der Waals surface area contributed by atoms with Gasteiger partial charge in [0, 0.05) is 38.5 Å². The predicted octanol–water partition coefficient (Wildman–Crippen LogP) is 1.17. The number of unbranched alkanes of at least 4 members (excludes halogenated alkanes) is 1. The number of hydrogen-bond donors (Lipinski definition) is 5. The van der Waals surface area contributed by atoms with Gasteiger partial charge in [0.1, 0.15) is 0 Å². The molecule has 0 saturated carbocycles. The lowest BCUT2D eigenvalue weighted by Crippen LogP contribution is -2.29. The van der Waals surface area contributed by atoms with Crippen LogP contribution in [0, 0.1) is 0 Å². The SMILES string of the molecule is CNc1ccc(N(CCO)CCO)cc1N/N=C/CCCC(=O)O. The summed E-state index contributed by atoms with van der Waals surface area (Å²) in [5.74, 6) is -0.811. The highest BCUT2D eigenvalue weighted by Crippen LogP contribution is 2.27. The molecule has 1 aromatic carbocycles. The van der Waals surface area contributed by atoms with Gasteiger partial charge < -0.3 is 25.5 Å². The van der Waals surface area contributed by atoms with Crippen LogP contribution in [0.2, 0.25) is 0 Å². The number of hydrazone groups is 1. The second-order valence-corrected chi connectivity index (χ2v) is 5.12. The summed E-state index contributed by atoms with van der Waals surface area (Å²) < 4.78 is 0. The van der Waals surface area contributed by atoms with Crippen molar-refractivity contribution in [1.29, 1.82) is 0 Å². The van der Waals surface area contributed by atoms with E-state index < -0.39 is 5.97 Å². The normalized spacial score (nSPS) is 10.8. The number of hydrogen-bond acceptors (Lipinski definition) is 7. The molecule has 0 atom stereocenters. The van der Waals surface area contributed by atoms with E-state index >= 15 is 0 Å². The Morgan fingerprint density at radius 3 is 2.54 bits per heavy atom. The lowest BCUT2D eigenvalue weighted by Gasteiger charge is -2.24. The molecule has 0 aliphatic heterocycles. The van der Waals surface area contributed by atoms with Crippen LogP contribution in [0.15, 0.2) is 23.3 Å². The third-order valence-corrected chi connectivity index (χ3v) is 3.38. The molecule has 5 N–H and O–H groups in total. The number of aliphatic hydroxyl groups excluding tert-OH is 2. The maximum atomic E-state index is 10.4. The third-order valence-electron chi connectivity index (χ3n) is 3.38. The maximum absolute atomic E-state index is 10.4. The van der Waals surface area contributed by atoms with Crippen molar-refractivity contribution in [3.63, 3.8) is 0 Å². The standard InChI is InChI=1S/C16H26N4O4/c1-17-14-6-5-13(20(8-10-21)9-11-22)12-15(14)19-18-7-3-2-4-16(23)24/h5-7,12,17,19,21-22H,2-4,8-11H2,1H3,(H,23,24)/b18-7+. The van der Waals surface area contributed by atoms with Crippen molar-refractivity contribution < 1.29 is 20.1 Å². The largest absolute Gasteiger partial charge is 0.481 e. The number of carbonyl (C=O) groups is 1. The van der Waals surface area contributed by atoms with Crippen LogP contribution < -0.4 is 15.6 Å². The van der Waals surface area contributed by atoms with Crippen LogP contribution in [0.4, 0.5) is 17.1 Å². The van der Waals surface area contributed by atoms with Crippen LogP contribution in [0.1, 0.15) is 19.3 Å². The van der Waals surface area contributed by atoms with Crippen LogP contribution in [-0.4, -0.2) is 60.9 Å². The van der Waals surface area contributed by atoms with Crippen molar-refractivity contribution in [2.24, 2.45) is 5.10 Å². The van der Waals surface area contributed by atoms with Crippen LogP contribution in [-0.2, 0) is 4.79 Å². The van der Waals surface area contributed by atoms with Gasteiger partial charge in [0.2, 0.25) is 0 Å². The fourth-order valence-corrected chi connectivity index (χ4v) is 2.18. The van der Waals surface area contributed by atoms with Crippen LogP contribution >= 0.6 is 0 Å². The Labute approximate surface area is 141 Å². The number of carboxylic acid groups (broad SMARTS) is 1. The van der Waals surface area contributed by atoms with Gasteiger partial charge in [0.05, 0.1) is 24.6 Å². The van der Waals surface area contributed by atoms with Gasteiger partial charge in [-0.3, -0.25) is 10.2 Å². The Bertz CT molecular complexity index is 531. The fourth-order valence-electron chi connectivity index (χ4n) is 2.18. The molecule has 0 bridgehead atoms. The topological polar surface area (TPSA) is 117 Å². The number of nitrogens with zero attached hydrogens (tertiary/aromatic N) is 2. The monoisotopic (exact) mass is 338 g/mol. The lowest BCUT2D eigenvalue weighted by molar-refractivity contribution is -0.137. The molecule has 0 fully saturated rings. The molecule has 0 heterocycles. The first kappa shape index (κ1) is 19.7. The Morgan fingerprint density at radius 1 is 1.25 bits per heavy atom. The molecule has 8 heteroatoms. The van der Waals surface area contributed by atoms with E-state index in [4.69, 9.17) is 15.3 Å². The van der Waals surface area contributed by atoms with Gasteiger partial charge in [-0.25, -0.2) is 0 Å². The van der Waals surface area contributed by atoms with Crippen molar-refractivity contribution in [2.75, 3.05) is 49.0 Å². The zero-order valence-electron chi connectivity index (χ0n) is 13.9. The van der Waals surface area contributed by atoms with Crippen molar-refractivity contribution in [2.45, 2.75) is 19.3 Å². The quantitative estimate of drug-likeness (QED) is 0.221. The number of nitrogens with one attached hydrogen (secondary N) is 2. The van der Waals surface area contributed by atoms with E-state index in [1.807, 2.05) is 23.1 Å². The zero-order valence-corrected chi connectivity index (χ0v) is 13.9. The smallest absolute Gasteiger partial charge is 0.303 e. The zero-order chi connectivity index (χ0) is 17.8.